The number of morpholine rings is 1. The van der Waals surface area contributed by atoms with Crippen molar-refractivity contribution in [2.24, 2.45) is 0 Å². The Morgan fingerprint density at radius 1 is 1.18 bits per heavy atom. The summed E-state index contributed by atoms with van der Waals surface area (Å²) < 4.78 is 7.32. The van der Waals surface area contributed by atoms with Gasteiger partial charge in [-0.15, -0.1) is 0 Å². The Bertz CT molecular complexity index is 1210. The Hall–Kier alpha value is -3.56. The molecule has 1 amide bonds. The van der Waals surface area contributed by atoms with E-state index in [4.69, 9.17) is 4.74 Å². The summed E-state index contributed by atoms with van der Waals surface area (Å²) in [5.74, 6) is 0.559. The van der Waals surface area contributed by atoms with Crippen molar-refractivity contribution in [3.05, 3.63) is 59.8 Å². The minimum atomic E-state index is -0.149. The summed E-state index contributed by atoms with van der Waals surface area (Å²) >= 11 is 0. The first-order chi connectivity index (χ1) is 16.1. The summed E-state index contributed by atoms with van der Waals surface area (Å²) in [4.78, 5) is 23.9. The normalized spacial score (nSPS) is 17.6. The Labute approximate surface area is 192 Å². The molecule has 0 bridgehead atoms. The molecule has 9 nitrogen and oxygen atoms in total. The van der Waals surface area contributed by atoms with E-state index in [1.54, 1.807) is 18.6 Å². The highest BCUT2D eigenvalue weighted by molar-refractivity contribution is 6.32. The zero-order chi connectivity index (χ0) is 22.8. The van der Waals surface area contributed by atoms with Crippen LogP contribution in [0.5, 0.6) is 0 Å². The van der Waals surface area contributed by atoms with Crippen LogP contribution in [0.3, 0.4) is 0 Å². The van der Waals surface area contributed by atoms with E-state index in [-0.39, 0.29) is 5.91 Å². The molecule has 1 fully saturated rings. The van der Waals surface area contributed by atoms with E-state index in [1.165, 1.54) is 0 Å². The zero-order valence-electron chi connectivity index (χ0n) is 18.8. The van der Waals surface area contributed by atoms with Crippen LogP contribution in [0.4, 0.5) is 11.5 Å². The minimum Gasteiger partial charge on any atom is -0.379 e. The highest BCUT2D eigenvalue weighted by Crippen LogP contribution is 2.36. The number of amides is 1. The molecule has 9 heteroatoms. The zero-order valence-corrected chi connectivity index (χ0v) is 18.8. The van der Waals surface area contributed by atoms with Crippen LogP contribution in [0.1, 0.15) is 18.1 Å². The van der Waals surface area contributed by atoms with Gasteiger partial charge in [0.1, 0.15) is 0 Å². The Morgan fingerprint density at radius 3 is 2.85 bits per heavy atom. The molecule has 5 heterocycles. The van der Waals surface area contributed by atoms with Crippen LogP contribution >= 0.6 is 0 Å². The van der Waals surface area contributed by atoms with Gasteiger partial charge in [0.2, 0.25) is 0 Å². The van der Waals surface area contributed by atoms with E-state index < -0.39 is 0 Å². The van der Waals surface area contributed by atoms with E-state index >= 15 is 0 Å². The van der Waals surface area contributed by atoms with Crippen molar-refractivity contribution >= 4 is 23.0 Å². The van der Waals surface area contributed by atoms with E-state index in [2.05, 4.69) is 30.6 Å². The predicted octanol–water partition coefficient (Wildman–Crippen LogP) is 2.78. The average molecular weight is 446 g/mol. The smallest absolute Gasteiger partial charge is 0.258 e. The van der Waals surface area contributed by atoms with E-state index in [0.717, 1.165) is 67.5 Å². The lowest BCUT2D eigenvalue weighted by Crippen LogP contribution is -2.38. The van der Waals surface area contributed by atoms with Crippen molar-refractivity contribution in [2.75, 3.05) is 43.5 Å². The number of carbonyl (C=O) groups excluding carboxylic acids is 1. The van der Waals surface area contributed by atoms with Crippen molar-refractivity contribution in [3.8, 4) is 11.3 Å². The van der Waals surface area contributed by atoms with Gasteiger partial charge in [-0.3, -0.25) is 24.3 Å². The number of hydrogen-bond donors (Lipinski definition) is 2. The van der Waals surface area contributed by atoms with E-state index in [9.17, 15) is 4.79 Å². The molecule has 0 spiro atoms. The second-order valence-electron chi connectivity index (χ2n) is 8.30. The van der Waals surface area contributed by atoms with Crippen molar-refractivity contribution in [1.29, 1.82) is 0 Å². The van der Waals surface area contributed by atoms with E-state index in [1.807, 2.05) is 42.9 Å². The second-order valence-corrected chi connectivity index (χ2v) is 8.30. The number of fused-ring (bicyclic) bond motifs is 1. The molecule has 0 aliphatic carbocycles. The highest BCUT2D eigenvalue weighted by Gasteiger charge is 2.28. The van der Waals surface area contributed by atoms with Gasteiger partial charge in [0, 0.05) is 61.1 Å². The molecule has 0 unspecified atom stereocenters. The first-order valence-electron chi connectivity index (χ1n) is 11.1. The Balaban J connectivity index is 1.35. The first-order valence-corrected chi connectivity index (χ1v) is 11.1. The summed E-state index contributed by atoms with van der Waals surface area (Å²) in [7, 11) is 0. The molecule has 2 N–H and O–H groups in total. The maximum atomic E-state index is 12.8. The molecule has 0 aromatic carbocycles. The number of carbonyl (C=O) groups is 1. The quantitative estimate of drug-likeness (QED) is 0.563. The van der Waals surface area contributed by atoms with Gasteiger partial charge in [-0.1, -0.05) is 0 Å². The topological polar surface area (TPSA) is 97.2 Å². The third-order valence-electron chi connectivity index (χ3n) is 6.04. The fourth-order valence-electron chi connectivity index (χ4n) is 4.20. The van der Waals surface area contributed by atoms with Crippen molar-refractivity contribution < 1.29 is 9.53 Å². The standard InChI is InChI=1S/C24H27N7O2/c1-16-3-5-25-14-19(16)20-13-18-21(15-26-20)28-24(32)23(18)17(2)27-22-4-6-31(29-22)8-7-30-9-11-33-12-10-30/h3-6,13-15H,7-12H2,1-2H3,(H,27,29)(H,28,32)/b23-17-. The molecule has 0 atom stereocenters. The minimum absolute atomic E-state index is 0.149. The van der Waals surface area contributed by atoms with Crippen LogP contribution in [0.2, 0.25) is 0 Å². The molecule has 33 heavy (non-hydrogen) atoms. The lowest BCUT2D eigenvalue weighted by Gasteiger charge is -2.26. The maximum Gasteiger partial charge on any atom is 0.258 e. The van der Waals surface area contributed by atoms with Crippen LogP contribution in [-0.2, 0) is 16.1 Å². The summed E-state index contributed by atoms with van der Waals surface area (Å²) in [5, 5.41) is 10.8. The monoisotopic (exact) mass is 445 g/mol. The van der Waals surface area contributed by atoms with Crippen LogP contribution in [0.25, 0.3) is 16.8 Å². The lowest BCUT2D eigenvalue weighted by atomic mass is 10.0. The maximum absolute atomic E-state index is 12.8. The second kappa shape index (κ2) is 9.13. The van der Waals surface area contributed by atoms with Crippen LogP contribution in [-0.4, -0.2) is 63.4 Å². The SMILES string of the molecule is C/C(Nc1ccn(CCN2CCOCC2)n1)=C1/C(=O)Nc2cnc(-c3cnccc3C)cc21. The van der Waals surface area contributed by atoms with Gasteiger partial charge in [-0.25, -0.2) is 0 Å². The highest BCUT2D eigenvalue weighted by atomic mass is 16.5. The number of allylic oxidation sites excluding steroid dienone is 1. The Morgan fingerprint density at radius 2 is 2.03 bits per heavy atom. The van der Waals surface area contributed by atoms with Crippen LogP contribution < -0.4 is 10.6 Å². The van der Waals surface area contributed by atoms with Gasteiger partial charge in [0.05, 0.1) is 42.9 Å². The summed E-state index contributed by atoms with van der Waals surface area (Å²) in [6.07, 6.45) is 7.22. The number of ether oxygens (including phenoxy) is 1. The van der Waals surface area contributed by atoms with Crippen molar-refractivity contribution in [1.82, 2.24) is 24.6 Å². The first kappa shape index (κ1) is 21.3. The van der Waals surface area contributed by atoms with Gasteiger partial charge >= 0.3 is 0 Å². The third kappa shape index (κ3) is 4.50. The third-order valence-corrected chi connectivity index (χ3v) is 6.04. The largest absolute Gasteiger partial charge is 0.379 e. The van der Waals surface area contributed by atoms with Crippen LogP contribution in [0, 0.1) is 6.92 Å². The number of aryl methyl sites for hydroxylation is 1. The number of anilines is 2. The molecule has 3 aromatic rings. The van der Waals surface area contributed by atoms with Gasteiger partial charge in [0.25, 0.3) is 5.91 Å². The lowest BCUT2D eigenvalue weighted by molar-refractivity contribution is -0.110. The Kier molecular flexibility index (Phi) is 5.89. The summed E-state index contributed by atoms with van der Waals surface area (Å²) in [6.45, 7) is 9.16. The van der Waals surface area contributed by atoms with Gasteiger partial charge < -0.3 is 15.4 Å². The number of hydrogen-bond acceptors (Lipinski definition) is 7. The molecule has 0 saturated carbocycles. The summed E-state index contributed by atoms with van der Waals surface area (Å²) in [5.41, 5.74) is 5.68. The summed E-state index contributed by atoms with van der Waals surface area (Å²) in [6, 6.07) is 5.82. The number of aromatic nitrogens is 4. The molecule has 2 aliphatic heterocycles. The number of rotatable bonds is 6. The fraction of sp³-hybridized carbons (Fsp3) is 0.333. The number of nitrogens with zero attached hydrogens (tertiary/aromatic N) is 5. The fourth-order valence-corrected chi connectivity index (χ4v) is 4.20. The van der Waals surface area contributed by atoms with Crippen LogP contribution in [0.15, 0.2) is 48.7 Å². The van der Waals surface area contributed by atoms with Gasteiger partial charge in [-0.05, 0) is 31.5 Å². The predicted molar refractivity (Wildman–Crippen MR) is 127 cm³/mol. The molecule has 170 valence electrons. The number of pyridine rings is 2. The number of nitrogens with one attached hydrogen (secondary N) is 2. The molecule has 3 aromatic heterocycles. The van der Waals surface area contributed by atoms with Gasteiger partial charge in [-0.2, -0.15) is 5.10 Å². The van der Waals surface area contributed by atoms with Gasteiger partial charge in [0.15, 0.2) is 5.82 Å². The van der Waals surface area contributed by atoms with Crippen molar-refractivity contribution in [2.45, 2.75) is 20.4 Å². The van der Waals surface area contributed by atoms with Crippen molar-refractivity contribution in [3.63, 3.8) is 0 Å². The molecular weight excluding hydrogens is 418 g/mol. The van der Waals surface area contributed by atoms with E-state index in [0.29, 0.717) is 17.1 Å². The molecular formula is C24H27N7O2. The molecule has 0 radical (unpaired) electrons. The molecule has 5 rings (SSSR count). The average Bonchev–Trinajstić information content (AvgIpc) is 3.41. The molecule has 1 saturated heterocycles. The molecule has 2 aliphatic rings.